The van der Waals surface area contributed by atoms with Crippen LogP contribution < -0.4 is 5.73 Å². The fourth-order valence-corrected chi connectivity index (χ4v) is 2.46. The number of benzene rings is 1. The summed E-state index contributed by atoms with van der Waals surface area (Å²) in [6.07, 6.45) is 0.869. The van der Waals surface area contributed by atoms with Crippen LogP contribution in [0.3, 0.4) is 0 Å². The standard InChI is InChI=1S/C17H24N2/c1-11(2)13-6-7-16-15(9-13)14(8-12(3)19-16)10-17(4,5)18/h6-9,11H,10,18H2,1-5H3. The molecule has 1 aromatic carbocycles. The van der Waals surface area contributed by atoms with E-state index in [0.717, 1.165) is 17.6 Å². The third-order valence-corrected chi connectivity index (χ3v) is 3.36. The van der Waals surface area contributed by atoms with Crippen LogP contribution in [-0.4, -0.2) is 10.5 Å². The molecule has 0 fully saturated rings. The predicted octanol–water partition coefficient (Wildman–Crippen LogP) is 3.95. The third kappa shape index (κ3) is 3.32. The molecule has 2 aromatic rings. The molecular formula is C17H24N2. The lowest BCUT2D eigenvalue weighted by Gasteiger charge is -2.20. The number of hydrogen-bond donors (Lipinski definition) is 1. The van der Waals surface area contributed by atoms with E-state index in [1.54, 1.807) is 0 Å². The van der Waals surface area contributed by atoms with Crippen molar-refractivity contribution >= 4 is 10.9 Å². The highest BCUT2D eigenvalue weighted by molar-refractivity contribution is 5.83. The van der Waals surface area contributed by atoms with Crippen molar-refractivity contribution in [1.29, 1.82) is 0 Å². The fourth-order valence-electron chi connectivity index (χ4n) is 2.46. The Kier molecular flexibility index (Phi) is 3.64. The Morgan fingerprint density at radius 2 is 1.89 bits per heavy atom. The van der Waals surface area contributed by atoms with Crippen molar-refractivity contribution in [3.63, 3.8) is 0 Å². The summed E-state index contributed by atoms with van der Waals surface area (Å²) in [5, 5.41) is 1.25. The molecule has 2 N–H and O–H groups in total. The van der Waals surface area contributed by atoms with Gasteiger partial charge in [0.15, 0.2) is 0 Å². The van der Waals surface area contributed by atoms with Crippen LogP contribution in [0.4, 0.5) is 0 Å². The van der Waals surface area contributed by atoms with Gasteiger partial charge in [0.1, 0.15) is 0 Å². The summed E-state index contributed by atoms with van der Waals surface area (Å²) in [6.45, 7) is 10.6. The topological polar surface area (TPSA) is 38.9 Å². The SMILES string of the molecule is Cc1cc(CC(C)(C)N)c2cc(C(C)C)ccc2n1. The molecule has 0 amide bonds. The molecule has 2 nitrogen and oxygen atoms in total. The number of pyridine rings is 1. The first-order valence-electron chi connectivity index (χ1n) is 6.95. The Balaban J connectivity index is 2.62. The van der Waals surface area contributed by atoms with Gasteiger partial charge in [-0.3, -0.25) is 4.98 Å². The maximum atomic E-state index is 6.19. The molecule has 19 heavy (non-hydrogen) atoms. The molecule has 0 unspecified atom stereocenters. The highest BCUT2D eigenvalue weighted by atomic mass is 14.7. The van der Waals surface area contributed by atoms with Crippen molar-refractivity contribution < 1.29 is 0 Å². The minimum atomic E-state index is -0.200. The largest absolute Gasteiger partial charge is 0.325 e. The summed E-state index contributed by atoms with van der Waals surface area (Å²) in [5.41, 5.74) is 10.8. The van der Waals surface area contributed by atoms with Gasteiger partial charge in [-0.2, -0.15) is 0 Å². The Morgan fingerprint density at radius 3 is 2.47 bits per heavy atom. The Labute approximate surface area is 116 Å². The Bertz CT molecular complexity index is 592. The minimum Gasteiger partial charge on any atom is -0.325 e. The molecular weight excluding hydrogens is 232 g/mol. The van der Waals surface area contributed by atoms with Gasteiger partial charge in [0.05, 0.1) is 5.52 Å². The van der Waals surface area contributed by atoms with E-state index in [-0.39, 0.29) is 5.54 Å². The number of aryl methyl sites for hydroxylation is 1. The van der Waals surface area contributed by atoms with Gasteiger partial charge in [0.2, 0.25) is 0 Å². The Hall–Kier alpha value is -1.41. The molecule has 0 saturated heterocycles. The van der Waals surface area contributed by atoms with Crippen LogP contribution in [0.25, 0.3) is 10.9 Å². The first-order valence-corrected chi connectivity index (χ1v) is 6.95. The van der Waals surface area contributed by atoms with E-state index in [2.05, 4.69) is 56.9 Å². The normalized spacial score (nSPS) is 12.4. The van der Waals surface area contributed by atoms with E-state index in [0.29, 0.717) is 5.92 Å². The van der Waals surface area contributed by atoms with Crippen LogP contribution in [0.2, 0.25) is 0 Å². The van der Waals surface area contributed by atoms with E-state index in [9.17, 15) is 0 Å². The number of hydrogen-bond acceptors (Lipinski definition) is 2. The molecule has 0 radical (unpaired) electrons. The van der Waals surface area contributed by atoms with Crippen LogP contribution in [0.15, 0.2) is 24.3 Å². The molecule has 2 rings (SSSR count). The van der Waals surface area contributed by atoms with E-state index in [1.165, 1.54) is 16.5 Å². The summed E-state index contributed by atoms with van der Waals surface area (Å²) >= 11 is 0. The van der Waals surface area contributed by atoms with Crippen molar-refractivity contribution in [2.24, 2.45) is 5.73 Å². The average molecular weight is 256 g/mol. The number of nitrogens with two attached hydrogens (primary N) is 1. The molecule has 1 heterocycles. The molecule has 102 valence electrons. The second kappa shape index (κ2) is 4.93. The molecule has 0 aliphatic carbocycles. The summed E-state index contributed by atoms with van der Waals surface area (Å²) in [5.74, 6) is 0.532. The number of rotatable bonds is 3. The van der Waals surface area contributed by atoms with Gasteiger partial charge in [-0.05, 0) is 62.4 Å². The maximum absolute atomic E-state index is 6.19. The minimum absolute atomic E-state index is 0.200. The van der Waals surface area contributed by atoms with Crippen molar-refractivity contribution in [3.05, 3.63) is 41.1 Å². The van der Waals surface area contributed by atoms with Crippen molar-refractivity contribution in [3.8, 4) is 0 Å². The van der Waals surface area contributed by atoms with Gasteiger partial charge in [0.25, 0.3) is 0 Å². The highest BCUT2D eigenvalue weighted by Gasteiger charge is 2.15. The average Bonchev–Trinajstić information content (AvgIpc) is 2.25. The third-order valence-electron chi connectivity index (χ3n) is 3.36. The smallest absolute Gasteiger partial charge is 0.0708 e. The summed E-state index contributed by atoms with van der Waals surface area (Å²) in [6, 6.07) is 8.75. The molecule has 0 atom stereocenters. The lowest BCUT2D eigenvalue weighted by atomic mass is 9.91. The van der Waals surface area contributed by atoms with Gasteiger partial charge in [-0.25, -0.2) is 0 Å². The molecule has 1 aromatic heterocycles. The van der Waals surface area contributed by atoms with Crippen LogP contribution in [-0.2, 0) is 6.42 Å². The van der Waals surface area contributed by atoms with Gasteiger partial charge in [-0.15, -0.1) is 0 Å². The number of fused-ring (bicyclic) bond motifs is 1. The van der Waals surface area contributed by atoms with Crippen LogP contribution in [0.1, 0.15) is 50.4 Å². The van der Waals surface area contributed by atoms with Crippen LogP contribution in [0, 0.1) is 6.92 Å². The molecule has 2 heteroatoms. The molecule has 0 aliphatic rings. The first-order chi connectivity index (χ1) is 8.76. The summed E-state index contributed by atoms with van der Waals surface area (Å²) < 4.78 is 0. The van der Waals surface area contributed by atoms with Gasteiger partial charge in [0, 0.05) is 16.6 Å². The maximum Gasteiger partial charge on any atom is 0.0708 e. The number of nitrogens with zero attached hydrogens (tertiary/aromatic N) is 1. The zero-order chi connectivity index (χ0) is 14.2. The van der Waals surface area contributed by atoms with E-state index >= 15 is 0 Å². The van der Waals surface area contributed by atoms with Crippen LogP contribution >= 0.6 is 0 Å². The van der Waals surface area contributed by atoms with Gasteiger partial charge < -0.3 is 5.73 Å². The predicted molar refractivity (Wildman–Crippen MR) is 82.5 cm³/mol. The molecule has 0 saturated carbocycles. The zero-order valence-corrected chi connectivity index (χ0v) is 12.6. The summed E-state index contributed by atoms with van der Waals surface area (Å²) in [7, 11) is 0. The zero-order valence-electron chi connectivity index (χ0n) is 12.6. The quantitative estimate of drug-likeness (QED) is 0.903. The van der Waals surface area contributed by atoms with Crippen LogP contribution in [0.5, 0.6) is 0 Å². The Morgan fingerprint density at radius 1 is 1.21 bits per heavy atom. The fraction of sp³-hybridized carbons (Fsp3) is 0.471. The first kappa shape index (κ1) is 14.0. The number of aromatic nitrogens is 1. The second-order valence-corrected chi connectivity index (χ2v) is 6.52. The van der Waals surface area contributed by atoms with Crippen molar-refractivity contribution in [2.45, 2.75) is 52.5 Å². The lowest BCUT2D eigenvalue weighted by molar-refractivity contribution is 0.518. The van der Waals surface area contributed by atoms with Gasteiger partial charge >= 0.3 is 0 Å². The monoisotopic (exact) mass is 256 g/mol. The van der Waals surface area contributed by atoms with E-state index in [4.69, 9.17) is 5.73 Å². The second-order valence-electron chi connectivity index (χ2n) is 6.52. The van der Waals surface area contributed by atoms with Crippen molar-refractivity contribution in [1.82, 2.24) is 4.98 Å². The lowest BCUT2D eigenvalue weighted by Crippen LogP contribution is -2.34. The summed E-state index contributed by atoms with van der Waals surface area (Å²) in [4.78, 5) is 4.63. The van der Waals surface area contributed by atoms with E-state index < -0.39 is 0 Å². The molecule has 0 spiro atoms. The highest BCUT2D eigenvalue weighted by Crippen LogP contribution is 2.25. The van der Waals surface area contributed by atoms with E-state index in [1.807, 2.05) is 6.92 Å². The van der Waals surface area contributed by atoms with Crippen molar-refractivity contribution in [2.75, 3.05) is 0 Å². The molecule has 0 bridgehead atoms. The molecule has 0 aliphatic heterocycles. The van der Waals surface area contributed by atoms with Gasteiger partial charge in [-0.1, -0.05) is 19.9 Å².